The van der Waals surface area contributed by atoms with Crippen molar-refractivity contribution in [3.05, 3.63) is 0 Å². The number of carbonyl (C=O) groups excluding carboxylic acids is 2. The highest BCUT2D eigenvalue weighted by Gasteiger charge is 2.46. The number of amides is 2. The molecule has 2 fully saturated rings. The van der Waals surface area contributed by atoms with Crippen molar-refractivity contribution in [3.8, 4) is 0 Å². The first-order valence-corrected chi connectivity index (χ1v) is 8.99. The number of nitrogens with one attached hydrogen (secondary N) is 2. The number of carbonyl (C=O) groups is 2. The third-order valence-electron chi connectivity index (χ3n) is 5.12. The van der Waals surface area contributed by atoms with E-state index < -0.39 is 11.7 Å². The van der Waals surface area contributed by atoms with E-state index in [2.05, 4.69) is 24.5 Å². The van der Waals surface area contributed by atoms with Crippen molar-refractivity contribution in [2.75, 3.05) is 19.7 Å². The van der Waals surface area contributed by atoms with E-state index in [9.17, 15) is 9.59 Å². The summed E-state index contributed by atoms with van der Waals surface area (Å²) < 4.78 is 10.8. The molecule has 1 aliphatic carbocycles. The van der Waals surface area contributed by atoms with Gasteiger partial charge in [0.1, 0.15) is 5.60 Å². The van der Waals surface area contributed by atoms with E-state index in [1.807, 2.05) is 20.8 Å². The molecule has 0 bridgehead atoms. The zero-order valence-electron chi connectivity index (χ0n) is 15.6. The fraction of sp³-hybridized carbons (Fsp3) is 0.889. The molecule has 24 heavy (non-hydrogen) atoms. The lowest BCUT2D eigenvalue weighted by Crippen LogP contribution is -2.44. The monoisotopic (exact) mass is 340 g/mol. The van der Waals surface area contributed by atoms with Crippen LogP contribution in [-0.4, -0.2) is 43.4 Å². The smallest absolute Gasteiger partial charge is 0.407 e. The van der Waals surface area contributed by atoms with Crippen molar-refractivity contribution >= 4 is 12.0 Å². The molecule has 0 unspecified atom stereocenters. The minimum absolute atomic E-state index is 0.0374. The van der Waals surface area contributed by atoms with Crippen LogP contribution in [0, 0.1) is 17.3 Å². The van der Waals surface area contributed by atoms with Gasteiger partial charge in [-0.3, -0.25) is 4.79 Å². The first-order valence-electron chi connectivity index (χ1n) is 8.99. The van der Waals surface area contributed by atoms with Crippen molar-refractivity contribution < 1.29 is 19.1 Å². The maximum Gasteiger partial charge on any atom is 0.407 e. The highest BCUT2D eigenvalue weighted by atomic mass is 16.6. The summed E-state index contributed by atoms with van der Waals surface area (Å²) in [4.78, 5) is 24.2. The molecule has 2 rings (SSSR count). The van der Waals surface area contributed by atoms with Crippen molar-refractivity contribution in [1.82, 2.24) is 10.6 Å². The van der Waals surface area contributed by atoms with E-state index in [1.54, 1.807) is 0 Å². The third kappa shape index (κ3) is 5.10. The van der Waals surface area contributed by atoms with E-state index in [-0.39, 0.29) is 17.9 Å². The van der Waals surface area contributed by atoms with E-state index in [4.69, 9.17) is 9.47 Å². The summed E-state index contributed by atoms with van der Waals surface area (Å²) in [6.07, 6.45) is 2.31. The van der Waals surface area contributed by atoms with Crippen LogP contribution in [0.1, 0.15) is 53.9 Å². The summed E-state index contributed by atoms with van der Waals surface area (Å²) in [5.74, 6) is 0.417. The Hall–Kier alpha value is -1.30. The van der Waals surface area contributed by atoms with Gasteiger partial charge in [0.2, 0.25) is 5.91 Å². The summed E-state index contributed by atoms with van der Waals surface area (Å²) >= 11 is 0. The predicted octanol–water partition coefficient (Wildman–Crippen LogP) is 2.47. The summed E-state index contributed by atoms with van der Waals surface area (Å²) in [5.41, 5.74) is -0.244. The van der Waals surface area contributed by atoms with Crippen LogP contribution in [0.4, 0.5) is 4.79 Å². The quantitative estimate of drug-likeness (QED) is 0.779. The Kier molecular flexibility index (Phi) is 5.78. The average Bonchev–Trinajstić information content (AvgIpc) is 3.11. The molecule has 1 aliphatic heterocycles. The molecule has 2 amide bonds. The Morgan fingerprint density at radius 1 is 1.25 bits per heavy atom. The van der Waals surface area contributed by atoms with Crippen molar-refractivity contribution in [3.63, 3.8) is 0 Å². The Morgan fingerprint density at radius 2 is 1.92 bits per heavy atom. The lowest BCUT2D eigenvalue weighted by atomic mass is 9.92. The van der Waals surface area contributed by atoms with Gasteiger partial charge in [-0.05, 0) is 51.4 Å². The number of rotatable bonds is 6. The Labute approximate surface area is 145 Å². The highest BCUT2D eigenvalue weighted by molar-refractivity contribution is 5.79. The summed E-state index contributed by atoms with van der Waals surface area (Å²) in [7, 11) is 0. The Morgan fingerprint density at radius 3 is 2.46 bits per heavy atom. The third-order valence-corrected chi connectivity index (χ3v) is 5.12. The molecule has 1 saturated heterocycles. The molecule has 1 saturated carbocycles. The highest BCUT2D eigenvalue weighted by Crippen LogP contribution is 2.51. The van der Waals surface area contributed by atoms with Gasteiger partial charge in [-0.25, -0.2) is 4.79 Å². The van der Waals surface area contributed by atoms with E-state index in [0.29, 0.717) is 30.9 Å². The molecule has 0 aromatic heterocycles. The molecular weight excluding hydrogens is 308 g/mol. The first-order chi connectivity index (χ1) is 11.1. The Balaban J connectivity index is 1.77. The fourth-order valence-corrected chi connectivity index (χ4v) is 3.16. The predicted molar refractivity (Wildman–Crippen MR) is 91.6 cm³/mol. The Bertz CT molecular complexity index is 466. The van der Waals surface area contributed by atoms with Gasteiger partial charge in [0, 0.05) is 19.7 Å². The van der Waals surface area contributed by atoms with E-state index in [0.717, 1.165) is 6.54 Å². The van der Waals surface area contributed by atoms with Crippen LogP contribution in [0.3, 0.4) is 0 Å². The number of ether oxygens (including phenoxy) is 2. The van der Waals surface area contributed by atoms with Crippen molar-refractivity contribution in [1.29, 1.82) is 0 Å². The van der Waals surface area contributed by atoms with E-state index >= 15 is 0 Å². The lowest BCUT2D eigenvalue weighted by Gasteiger charge is -2.24. The van der Waals surface area contributed by atoms with Gasteiger partial charge in [0.15, 0.2) is 0 Å². The van der Waals surface area contributed by atoms with Crippen LogP contribution >= 0.6 is 0 Å². The van der Waals surface area contributed by atoms with Gasteiger partial charge in [0.05, 0.1) is 12.0 Å². The minimum Gasteiger partial charge on any atom is -0.444 e. The SMILES string of the molecule is CC(C)C1(CNC(=O)[C@H]2CCO[C@H]2CNC(=O)OC(C)(C)C)CC1. The number of alkyl carbamates (subject to hydrolysis) is 1. The molecule has 2 N–H and O–H groups in total. The zero-order valence-corrected chi connectivity index (χ0v) is 15.6. The molecular formula is C18H32N2O4. The second-order valence-electron chi connectivity index (χ2n) is 8.42. The van der Waals surface area contributed by atoms with Gasteiger partial charge in [0.25, 0.3) is 0 Å². The standard InChI is InChI=1S/C18H32N2O4/c1-12(2)18(7-8-18)11-20-15(21)13-6-9-23-14(13)10-19-16(22)24-17(3,4)5/h12-14H,6-11H2,1-5H3,(H,19,22)(H,20,21)/t13-,14-/m0/s1. The topological polar surface area (TPSA) is 76.7 Å². The molecule has 0 aromatic rings. The second kappa shape index (κ2) is 7.30. The van der Waals surface area contributed by atoms with Gasteiger partial charge >= 0.3 is 6.09 Å². The minimum atomic E-state index is -0.535. The van der Waals surface area contributed by atoms with Crippen LogP contribution < -0.4 is 10.6 Å². The first kappa shape index (κ1) is 19.0. The van der Waals surface area contributed by atoms with Gasteiger partial charge in [-0.1, -0.05) is 13.8 Å². The normalized spacial score (nSPS) is 25.4. The molecule has 1 heterocycles. The molecule has 0 spiro atoms. The van der Waals surface area contributed by atoms with Crippen LogP contribution in [0.25, 0.3) is 0 Å². The summed E-state index contributed by atoms with van der Waals surface area (Å²) in [5, 5.41) is 5.80. The summed E-state index contributed by atoms with van der Waals surface area (Å²) in [6, 6.07) is 0. The van der Waals surface area contributed by atoms with E-state index in [1.165, 1.54) is 12.8 Å². The largest absolute Gasteiger partial charge is 0.444 e. The zero-order chi connectivity index (χ0) is 18.0. The van der Waals surface area contributed by atoms with Crippen LogP contribution in [-0.2, 0) is 14.3 Å². The van der Waals surface area contributed by atoms with Crippen LogP contribution in [0.15, 0.2) is 0 Å². The second-order valence-corrected chi connectivity index (χ2v) is 8.42. The van der Waals surface area contributed by atoms with Crippen molar-refractivity contribution in [2.45, 2.75) is 65.6 Å². The number of hydrogen-bond acceptors (Lipinski definition) is 4. The van der Waals surface area contributed by atoms with Gasteiger partial charge in [-0.2, -0.15) is 0 Å². The van der Waals surface area contributed by atoms with Crippen molar-refractivity contribution in [2.24, 2.45) is 17.3 Å². The molecule has 0 aromatic carbocycles. The van der Waals surface area contributed by atoms with Crippen LogP contribution in [0.2, 0.25) is 0 Å². The number of hydrogen-bond donors (Lipinski definition) is 2. The fourth-order valence-electron chi connectivity index (χ4n) is 3.16. The molecule has 0 radical (unpaired) electrons. The lowest BCUT2D eigenvalue weighted by molar-refractivity contribution is -0.127. The maximum atomic E-state index is 12.5. The maximum absolute atomic E-state index is 12.5. The molecule has 2 aliphatic rings. The molecule has 6 heteroatoms. The average molecular weight is 340 g/mol. The molecule has 2 atom stereocenters. The molecule has 138 valence electrons. The summed E-state index contributed by atoms with van der Waals surface area (Å²) in [6.45, 7) is 11.5. The van der Waals surface area contributed by atoms with Gasteiger partial charge in [-0.15, -0.1) is 0 Å². The van der Waals surface area contributed by atoms with Crippen LogP contribution in [0.5, 0.6) is 0 Å². The van der Waals surface area contributed by atoms with Gasteiger partial charge < -0.3 is 20.1 Å². The molecule has 6 nitrogen and oxygen atoms in total.